The van der Waals surface area contributed by atoms with Crippen molar-refractivity contribution in [3.05, 3.63) is 0 Å². The monoisotopic (exact) mass is 186 g/mol. The van der Waals surface area contributed by atoms with E-state index < -0.39 is 0 Å². The van der Waals surface area contributed by atoms with Gasteiger partial charge in [-0.25, -0.2) is 5.06 Å². The number of carbonyl (C=O) groups excluding carboxylic acids is 1. The maximum Gasteiger partial charge on any atom is 0.247 e. The van der Waals surface area contributed by atoms with Crippen LogP contribution in [0, 0.1) is 0 Å². The van der Waals surface area contributed by atoms with Crippen molar-refractivity contribution in [2.24, 2.45) is 0 Å². The Bertz CT molecular complexity index is 167. The van der Waals surface area contributed by atoms with E-state index in [9.17, 15) is 4.79 Å². The van der Waals surface area contributed by atoms with Gasteiger partial charge in [0, 0.05) is 20.0 Å². The molecule has 0 atom stereocenters. The van der Waals surface area contributed by atoms with E-state index in [-0.39, 0.29) is 5.91 Å². The van der Waals surface area contributed by atoms with Gasteiger partial charge in [-0.05, 0) is 25.9 Å². The normalized spacial score (nSPS) is 17.7. The third-order valence-electron chi connectivity index (χ3n) is 2.47. The molecule has 0 radical (unpaired) electrons. The molecular weight excluding hydrogens is 168 g/mol. The van der Waals surface area contributed by atoms with Gasteiger partial charge in [0.25, 0.3) is 0 Å². The zero-order valence-electron chi connectivity index (χ0n) is 8.45. The van der Waals surface area contributed by atoms with Crippen LogP contribution in [0.5, 0.6) is 0 Å². The quantitative estimate of drug-likeness (QED) is 0.599. The summed E-state index contributed by atoms with van der Waals surface area (Å²) < 4.78 is 0. The van der Waals surface area contributed by atoms with Crippen LogP contribution in [0.2, 0.25) is 0 Å². The van der Waals surface area contributed by atoms with Gasteiger partial charge in [-0.2, -0.15) is 0 Å². The minimum Gasteiger partial charge on any atom is -0.303 e. The highest BCUT2D eigenvalue weighted by molar-refractivity contribution is 5.74. The van der Waals surface area contributed by atoms with Crippen LogP contribution in [0.3, 0.4) is 0 Å². The third-order valence-corrected chi connectivity index (χ3v) is 2.47. The van der Waals surface area contributed by atoms with E-state index in [1.807, 2.05) is 0 Å². The second-order valence-corrected chi connectivity index (χ2v) is 3.37. The van der Waals surface area contributed by atoms with Gasteiger partial charge in [0.05, 0.1) is 7.11 Å². The highest BCUT2D eigenvalue weighted by atomic mass is 16.7. The molecule has 1 aliphatic rings. The molecule has 0 unspecified atom stereocenters. The highest BCUT2D eigenvalue weighted by Crippen LogP contribution is 2.07. The third kappa shape index (κ3) is 3.32. The predicted octanol–water partition coefficient (Wildman–Crippen LogP) is 0.492. The molecule has 0 aromatic rings. The fourth-order valence-electron chi connectivity index (χ4n) is 1.52. The summed E-state index contributed by atoms with van der Waals surface area (Å²) in [6, 6.07) is 0. The van der Waals surface area contributed by atoms with Gasteiger partial charge in [-0.3, -0.25) is 9.63 Å². The summed E-state index contributed by atoms with van der Waals surface area (Å²) in [5.41, 5.74) is 0. The van der Waals surface area contributed by atoms with Gasteiger partial charge in [0.15, 0.2) is 0 Å². The highest BCUT2D eigenvalue weighted by Gasteiger charge is 2.14. The number of hydroxylamine groups is 2. The van der Waals surface area contributed by atoms with Crippen molar-refractivity contribution in [3.63, 3.8) is 0 Å². The predicted molar refractivity (Wildman–Crippen MR) is 50.1 cm³/mol. The van der Waals surface area contributed by atoms with E-state index in [0.29, 0.717) is 6.42 Å². The first-order chi connectivity index (χ1) is 6.24. The van der Waals surface area contributed by atoms with Crippen LogP contribution in [0.15, 0.2) is 0 Å². The Morgan fingerprint density at radius 1 is 1.46 bits per heavy atom. The van der Waals surface area contributed by atoms with Crippen molar-refractivity contribution >= 4 is 5.91 Å². The van der Waals surface area contributed by atoms with Crippen LogP contribution in [0.1, 0.15) is 19.3 Å². The molecule has 1 fully saturated rings. The van der Waals surface area contributed by atoms with E-state index in [0.717, 1.165) is 19.6 Å². The second-order valence-electron chi connectivity index (χ2n) is 3.37. The van der Waals surface area contributed by atoms with Crippen molar-refractivity contribution in [2.45, 2.75) is 19.3 Å². The molecule has 0 N–H and O–H groups in total. The first-order valence-electron chi connectivity index (χ1n) is 4.77. The zero-order chi connectivity index (χ0) is 9.68. The van der Waals surface area contributed by atoms with Crippen molar-refractivity contribution < 1.29 is 9.63 Å². The second kappa shape index (κ2) is 5.19. The van der Waals surface area contributed by atoms with E-state index in [2.05, 4.69) is 4.90 Å². The van der Waals surface area contributed by atoms with Crippen LogP contribution in [-0.4, -0.2) is 49.7 Å². The first-order valence-corrected chi connectivity index (χ1v) is 4.77. The summed E-state index contributed by atoms with van der Waals surface area (Å²) in [5.74, 6) is 0.0504. The molecule has 0 aliphatic carbocycles. The summed E-state index contributed by atoms with van der Waals surface area (Å²) in [6.45, 7) is 3.15. The van der Waals surface area contributed by atoms with Crippen LogP contribution in [-0.2, 0) is 9.63 Å². The number of likely N-dealkylation sites (tertiary alicyclic amines) is 1. The Kier molecular flexibility index (Phi) is 4.18. The van der Waals surface area contributed by atoms with E-state index in [4.69, 9.17) is 4.84 Å². The first kappa shape index (κ1) is 10.5. The summed E-state index contributed by atoms with van der Waals surface area (Å²) in [6.07, 6.45) is 3.10. The number of nitrogens with zero attached hydrogens (tertiary/aromatic N) is 2. The van der Waals surface area contributed by atoms with Gasteiger partial charge < -0.3 is 4.90 Å². The molecule has 13 heavy (non-hydrogen) atoms. The lowest BCUT2D eigenvalue weighted by atomic mass is 10.4. The summed E-state index contributed by atoms with van der Waals surface area (Å²) in [5, 5.41) is 1.29. The number of carbonyl (C=O) groups is 1. The number of rotatable bonds is 4. The summed E-state index contributed by atoms with van der Waals surface area (Å²) in [7, 11) is 3.15. The van der Waals surface area contributed by atoms with Gasteiger partial charge in [0.2, 0.25) is 5.91 Å². The van der Waals surface area contributed by atoms with Crippen LogP contribution in [0.25, 0.3) is 0 Å². The van der Waals surface area contributed by atoms with Crippen molar-refractivity contribution in [1.29, 1.82) is 0 Å². The lowest BCUT2D eigenvalue weighted by molar-refractivity contribution is -0.168. The molecule has 4 nitrogen and oxygen atoms in total. The number of hydrogen-bond donors (Lipinski definition) is 0. The van der Waals surface area contributed by atoms with Crippen molar-refractivity contribution in [3.8, 4) is 0 Å². The molecule has 76 valence electrons. The largest absolute Gasteiger partial charge is 0.303 e. The topological polar surface area (TPSA) is 32.8 Å². The lowest BCUT2D eigenvalue weighted by Crippen LogP contribution is -2.30. The Balaban J connectivity index is 2.13. The summed E-state index contributed by atoms with van der Waals surface area (Å²) >= 11 is 0. The average molecular weight is 186 g/mol. The number of hydrogen-bond acceptors (Lipinski definition) is 3. The Labute approximate surface area is 79.4 Å². The minimum absolute atomic E-state index is 0.0504. The minimum atomic E-state index is 0.0504. The van der Waals surface area contributed by atoms with Crippen LogP contribution < -0.4 is 0 Å². The molecule has 1 aliphatic heterocycles. The molecule has 4 heteroatoms. The van der Waals surface area contributed by atoms with Crippen molar-refractivity contribution in [1.82, 2.24) is 9.96 Å². The molecule has 1 heterocycles. The smallest absolute Gasteiger partial charge is 0.247 e. The molecule has 1 amide bonds. The molecule has 0 aromatic carbocycles. The van der Waals surface area contributed by atoms with Gasteiger partial charge in [-0.15, -0.1) is 0 Å². The van der Waals surface area contributed by atoms with Gasteiger partial charge in [-0.1, -0.05) is 0 Å². The molecule has 1 rings (SSSR count). The molecule has 0 saturated carbocycles. The van der Waals surface area contributed by atoms with Crippen LogP contribution in [0.4, 0.5) is 0 Å². The molecule has 0 aromatic heterocycles. The van der Waals surface area contributed by atoms with Crippen LogP contribution >= 0.6 is 0 Å². The van der Waals surface area contributed by atoms with E-state index >= 15 is 0 Å². The zero-order valence-corrected chi connectivity index (χ0v) is 8.45. The average Bonchev–Trinajstić information content (AvgIpc) is 2.65. The standard InChI is InChI=1S/C9H18N2O2/c1-10(13-2)9(12)5-8-11-6-3-4-7-11/h3-8H2,1-2H3. The Morgan fingerprint density at radius 2 is 2.08 bits per heavy atom. The SMILES string of the molecule is CON(C)C(=O)CCN1CCCC1. The molecule has 0 spiro atoms. The molecule has 1 saturated heterocycles. The Hall–Kier alpha value is -0.610. The van der Waals surface area contributed by atoms with Gasteiger partial charge >= 0.3 is 0 Å². The maximum absolute atomic E-state index is 11.3. The fraction of sp³-hybridized carbons (Fsp3) is 0.889. The van der Waals surface area contributed by atoms with Crippen molar-refractivity contribution in [2.75, 3.05) is 33.8 Å². The lowest BCUT2D eigenvalue weighted by Gasteiger charge is -2.17. The van der Waals surface area contributed by atoms with E-state index in [1.165, 1.54) is 25.0 Å². The summed E-state index contributed by atoms with van der Waals surface area (Å²) in [4.78, 5) is 18.4. The van der Waals surface area contributed by atoms with E-state index in [1.54, 1.807) is 7.05 Å². The van der Waals surface area contributed by atoms with Gasteiger partial charge in [0.1, 0.15) is 0 Å². The molecular formula is C9H18N2O2. The fourth-order valence-corrected chi connectivity index (χ4v) is 1.52. The Morgan fingerprint density at radius 3 is 2.62 bits per heavy atom. The maximum atomic E-state index is 11.3. The molecule has 0 bridgehead atoms. The number of amides is 1.